The minimum absolute atomic E-state index is 0.0809. The van der Waals surface area contributed by atoms with Gasteiger partial charge in [-0.15, -0.1) is 0 Å². The highest BCUT2D eigenvalue weighted by atomic mass is 79.9. The maximum absolute atomic E-state index is 11.6. The average Bonchev–Trinajstić information content (AvgIpc) is 2.48. The predicted octanol–water partition coefficient (Wildman–Crippen LogP) is 1.40. The summed E-state index contributed by atoms with van der Waals surface area (Å²) in [5, 5.41) is 14.0. The Kier molecular flexibility index (Phi) is 5.63. The van der Waals surface area contributed by atoms with Crippen LogP contribution in [0.2, 0.25) is 0 Å². The molecule has 110 valence electrons. The summed E-state index contributed by atoms with van der Waals surface area (Å²) in [5.41, 5.74) is 1.75. The number of urea groups is 1. The molecule has 1 saturated heterocycles. The lowest BCUT2D eigenvalue weighted by Crippen LogP contribution is -2.36. The number of anilines is 2. The lowest BCUT2D eigenvalue weighted by Gasteiger charge is -2.29. The number of aliphatic hydroxyl groups excluding tert-OH is 1. The zero-order valence-electron chi connectivity index (χ0n) is 11.1. The molecule has 1 heterocycles. The van der Waals surface area contributed by atoms with E-state index in [1.807, 2.05) is 18.2 Å². The summed E-state index contributed by atoms with van der Waals surface area (Å²) >= 11 is 3.42. The van der Waals surface area contributed by atoms with Gasteiger partial charge in [-0.25, -0.2) is 4.79 Å². The Balaban J connectivity index is 2.05. The first-order valence-electron chi connectivity index (χ1n) is 6.48. The van der Waals surface area contributed by atoms with E-state index in [1.54, 1.807) is 0 Å². The van der Waals surface area contributed by atoms with Crippen LogP contribution in [0.25, 0.3) is 0 Å². The quantitative estimate of drug-likeness (QED) is 0.772. The maximum Gasteiger partial charge on any atom is 0.319 e. The van der Waals surface area contributed by atoms with Gasteiger partial charge in [0.25, 0.3) is 0 Å². The highest BCUT2D eigenvalue weighted by Gasteiger charge is 2.13. The second kappa shape index (κ2) is 7.47. The second-order valence-corrected chi connectivity index (χ2v) is 5.22. The molecule has 1 fully saturated rings. The molecule has 0 saturated carbocycles. The third kappa shape index (κ3) is 4.09. The molecule has 0 spiro atoms. The number of aliphatic hydroxyl groups is 1. The van der Waals surface area contributed by atoms with E-state index in [9.17, 15) is 4.79 Å². The molecule has 1 aliphatic heterocycles. The monoisotopic (exact) mass is 343 g/mol. The Bertz CT molecular complexity index is 464. The van der Waals surface area contributed by atoms with Crippen LogP contribution in [0.4, 0.5) is 16.2 Å². The number of amides is 2. The average molecular weight is 344 g/mol. The molecule has 0 radical (unpaired) electrons. The number of nitrogens with zero attached hydrogens (tertiary/aromatic N) is 1. The second-order valence-electron chi connectivity index (χ2n) is 4.37. The van der Waals surface area contributed by atoms with E-state index in [1.165, 1.54) is 0 Å². The van der Waals surface area contributed by atoms with Crippen molar-refractivity contribution in [3.63, 3.8) is 0 Å². The summed E-state index contributed by atoms with van der Waals surface area (Å²) in [6.45, 7) is 3.27. The molecule has 1 aromatic rings. The van der Waals surface area contributed by atoms with Crippen LogP contribution in [-0.4, -0.2) is 50.6 Å². The number of benzene rings is 1. The molecular weight excluding hydrogens is 326 g/mol. The van der Waals surface area contributed by atoms with E-state index >= 15 is 0 Å². The summed E-state index contributed by atoms with van der Waals surface area (Å²) in [5.74, 6) is 0. The first kappa shape index (κ1) is 15.1. The highest BCUT2D eigenvalue weighted by molar-refractivity contribution is 9.10. The van der Waals surface area contributed by atoms with Gasteiger partial charge in [0.15, 0.2) is 0 Å². The van der Waals surface area contributed by atoms with Gasteiger partial charge in [0.1, 0.15) is 0 Å². The Labute approximate surface area is 126 Å². The number of carbonyl (C=O) groups excluding carboxylic acids is 1. The molecule has 0 bridgehead atoms. The number of carbonyl (C=O) groups is 1. The standard InChI is InChI=1S/C13H18BrN3O3/c14-11-2-1-10(17-4-7-20-8-5-17)9-12(11)16-13(19)15-3-6-18/h1-2,9,18H,3-8H2,(H2,15,16,19). The zero-order valence-corrected chi connectivity index (χ0v) is 12.6. The van der Waals surface area contributed by atoms with Crippen LogP contribution in [0.1, 0.15) is 0 Å². The van der Waals surface area contributed by atoms with Crippen molar-refractivity contribution in [3.05, 3.63) is 22.7 Å². The van der Waals surface area contributed by atoms with Crippen molar-refractivity contribution in [2.45, 2.75) is 0 Å². The summed E-state index contributed by atoms with van der Waals surface area (Å²) in [4.78, 5) is 13.8. The van der Waals surface area contributed by atoms with Gasteiger partial charge in [-0.05, 0) is 34.1 Å². The number of halogens is 1. The third-order valence-electron chi connectivity index (χ3n) is 2.97. The van der Waals surface area contributed by atoms with Gasteiger partial charge in [0, 0.05) is 29.8 Å². The lowest BCUT2D eigenvalue weighted by atomic mass is 10.2. The number of morpholine rings is 1. The smallest absolute Gasteiger partial charge is 0.319 e. The summed E-state index contributed by atoms with van der Waals surface area (Å²) in [6.07, 6.45) is 0. The molecule has 1 aromatic carbocycles. The fourth-order valence-electron chi connectivity index (χ4n) is 1.96. The minimum atomic E-state index is -0.334. The molecule has 0 aromatic heterocycles. The molecule has 1 aliphatic rings. The topological polar surface area (TPSA) is 73.8 Å². The van der Waals surface area contributed by atoms with Gasteiger partial charge >= 0.3 is 6.03 Å². The molecule has 7 heteroatoms. The van der Waals surface area contributed by atoms with Crippen molar-refractivity contribution in [1.82, 2.24) is 5.32 Å². The van der Waals surface area contributed by atoms with Crippen LogP contribution in [0.15, 0.2) is 22.7 Å². The van der Waals surface area contributed by atoms with Gasteiger partial charge in [-0.2, -0.15) is 0 Å². The fourth-order valence-corrected chi connectivity index (χ4v) is 2.31. The Morgan fingerprint density at radius 3 is 2.85 bits per heavy atom. The number of rotatable bonds is 4. The number of hydrogen-bond acceptors (Lipinski definition) is 4. The summed E-state index contributed by atoms with van der Waals surface area (Å²) < 4.78 is 6.14. The first-order valence-corrected chi connectivity index (χ1v) is 7.28. The maximum atomic E-state index is 11.6. The van der Waals surface area contributed by atoms with E-state index < -0.39 is 0 Å². The van der Waals surface area contributed by atoms with Crippen LogP contribution >= 0.6 is 15.9 Å². The SMILES string of the molecule is O=C(NCCO)Nc1cc(N2CCOCC2)ccc1Br. The molecular formula is C13H18BrN3O3. The Hall–Kier alpha value is -1.31. The van der Waals surface area contributed by atoms with Crippen molar-refractivity contribution in [3.8, 4) is 0 Å². The Morgan fingerprint density at radius 1 is 1.40 bits per heavy atom. The van der Waals surface area contributed by atoms with Crippen molar-refractivity contribution in [2.75, 3.05) is 49.7 Å². The van der Waals surface area contributed by atoms with E-state index in [4.69, 9.17) is 9.84 Å². The van der Waals surface area contributed by atoms with Gasteiger partial charge in [0.05, 0.1) is 25.5 Å². The molecule has 0 aliphatic carbocycles. The zero-order chi connectivity index (χ0) is 14.4. The van der Waals surface area contributed by atoms with E-state index in [2.05, 4.69) is 31.5 Å². The van der Waals surface area contributed by atoms with Crippen molar-refractivity contribution < 1.29 is 14.6 Å². The van der Waals surface area contributed by atoms with Gasteiger partial charge in [0.2, 0.25) is 0 Å². The van der Waals surface area contributed by atoms with Gasteiger partial charge in [-0.3, -0.25) is 0 Å². The lowest BCUT2D eigenvalue weighted by molar-refractivity contribution is 0.122. The first-order chi connectivity index (χ1) is 9.70. The van der Waals surface area contributed by atoms with Crippen LogP contribution in [0, 0.1) is 0 Å². The van der Waals surface area contributed by atoms with E-state index in [0.29, 0.717) is 5.69 Å². The molecule has 6 nitrogen and oxygen atoms in total. The van der Waals surface area contributed by atoms with E-state index in [-0.39, 0.29) is 19.2 Å². The number of ether oxygens (including phenoxy) is 1. The third-order valence-corrected chi connectivity index (χ3v) is 3.66. The van der Waals surface area contributed by atoms with Crippen molar-refractivity contribution in [2.24, 2.45) is 0 Å². The molecule has 20 heavy (non-hydrogen) atoms. The van der Waals surface area contributed by atoms with Crippen molar-refractivity contribution in [1.29, 1.82) is 0 Å². The molecule has 3 N–H and O–H groups in total. The molecule has 2 amide bonds. The van der Waals surface area contributed by atoms with E-state index in [0.717, 1.165) is 36.5 Å². The molecule has 2 rings (SSSR count). The molecule has 0 unspecified atom stereocenters. The van der Waals surface area contributed by atoms with Crippen LogP contribution in [0.3, 0.4) is 0 Å². The van der Waals surface area contributed by atoms with Gasteiger partial charge in [-0.1, -0.05) is 0 Å². The summed E-state index contributed by atoms with van der Waals surface area (Å²) in [6, 6.07) is 5.51. The van der Waals surface area contributed by atoms with Crippen LogP contribution < -0.4 is 15.5 Å². The fraction of sp³-hybridized carbons (Fsp3) is 0.462. The molecule has 0 atom stereocenters. The Morgan fingerprint density at radius 2 is 2.15 bits per heavy atom. The minimum Gasteiger partial charge on any atom is -0.395 e. The highest BCUT2D eigenvalue weighted by Crippen LogP contribution is 2.28. The number of hydrogen-bond donors (Lipinski definition) is 3. The van der Waals surface area contributed by atoms with Crippen LogP contribution in [-0.2, 0) is 4.74 Å². The van der Waals surface area contributed by atoms with Gasteiger partial charge < -0.3 is 25.4 Å². The number of nitrogens with one attached hydrogen (secondary N) is 2. The largest absolute Gasteiger partial charge is 0.395 e. The normalized spacial score (nSPS) is 15.0. The predicted molar refractivity (Wildman–Crippen MR) is 81.3 cm³/mol. The van der Waals surface area contributed by atoms with Crippen molar-refractivity contribution >= 4 is 33.3 Å². The summed E-state index contributed by atoms with van der Waals surface area (Å²) in [7, 11) is 0. The van der Waals surface area contributed by atoms with Crippen LogP contribution in [0.5, 0.6) is 0 Å².